The zero-order valence-corrected chi connectivity index (χ0v) is 27.2. The van der Waals surface area contributed by atoms with Crippen LogP contribution in [0.3, 0.4) is 0 Å². The zero-order chi connectivity index (χ0) is 33.4. The summed E-state index contributed by atoms with van der Waals surface area (Å²) in [6, 6.07) is 18.0. The van der Waals surface area contributed by atoms with Crippen LogP contribution in [0.1, 0.15) is 30.4 Å². The predicted octanol–water partition coefficient (Wildman–Crippen LogP) is 2.67. The molecular formula is C34H39N3O9S. The maximum absolute atomic E-state index is 13.2. The van der Waals surface area contributed by atoms with E-state index in [4.69, 9.17) is 18.9 Å². The fraction of sp³-hybridized carbons (Fsp3) is 0.382. The minimum absolute atomic E-state index is 0.112. The second kappa shape index (κ2) is 15.2. The number of fused-ring (bicyclic) bond motifs is 9. The molecule has 3 aromatic rings. The summed E-state index contributed by atoms with van der Waals surface area (Å²) in [5, 5.41) is 5.89. The topological polar surface area (TPSA) is 150 Å². The molecule has 3 aromatic carbocycles. The quantitative estimate of drug-likeness (QED) is 0.405. The lowest BCUT2D eigenvalue weighted by atomic mass is 10.0. The molecule has 3 heterocycles. The van der Waals surface area contributed by atoms with Gasteiger partial charge in [0.1, 0.15) is 17.6 Å². The van der Waals surface area contributed by atoms with Gasteiger partial charge in [0, 0.05) is 50.5 Å². The number of hydrogen-bond acceptors (Lipinski definition) is 9. The average molecular weight is 666 g/mol. The van der Waals surface area contributed by atoms with Crippen molar-refractivity contribution in [2.45, 2.75) is 49.3 Å². The van der Waals surface area contributed by atoms with Crippen molar-refractivity contribution in [2.24, 2.45) is 0 Å². The Bertz CT molecular complexity index is 1700. The van der Waals surface area contributed by atoms with Gasteiger partial charge in [0.2, 0.25) is 11.8 Å². The number of rotatable bonds is 6. The number of amides is 3. The second-order valence-electron chi connectivity index (χ2n) is 11.4. The normalized spacial score (nSPS) is 19.0. The van der Waals surface area contributed by atoms with E-state index in [9.17, 15) is 22.8 Å². The summed E-state index contributed by atoms with van der Waals surface area (Å²) in [7, 11) is -0.608. The molecule has 1 saturated heterocycles. The van der Waals surface area contributed by atoms with Crippen molar-refractivity contribution in [3.63, 3.8) is 0 Å². The molecule has 2 N–H and O–H groups in total. The van der Waals surface area contributed by atoms with Crippen molar-refractivity contribution < 1.29 is 41.7 Å². The van der Waals surface area contributed by atoms with Crippen molar-refractivity contribution in [1.29, 1.82) is 0 Å². The minimum atomic E-state index is -3.64. The number of benzene rings is 3. The van der Waals surface area contributed by atoms with Crippen molar-refractivity contribution in [1.82, 2.24) is 15.5 Å². The van der Waals surface area contributed by atoms with Crippen LogP contribution in [0.5, 0.6) is 23.0 Å². The number of piperidine rings is 1. The van der Waals surface area contributed by atoms with Gasteiger partial charge in [-0.15, -0.1) is 0 Å². The lowest BCUT2D eigenvalue weighted by molar-refractivity contribution is -0.135. The highest BCUT2D eigenvalue weighted by Crippen LogP contribution is 2.30. The van der Waals surface area contributed by atoms with Gasteiger partial charge in [-0.1, -0.05) is 24.3 Å². The Balaban J connectivity index is 1.36. The summed E-state index contributed by atoms with van der Waals surface area (Å²) in [6.45, 7) is 0.345. The standard InChI is InChI=1S/C34H39N3O9S/c1-43-29-12-8-23-9-13-32(38)35-20-24-10-11-25(19-30(24)44-2)46-28-14-16-37(21-27(28)36-33(39)22-45-31(29)18-23)34(40)15-17-47(41,42)26-6-4-3-5-7-26/h3-8,10-12,18-19,27-28H,9,13-17,20-22H2,1-2H3,(H,35,38)(H,36,39)/t27-,28+/m1/s1. The van der Waals surface area contributed by atoms with Gasteiger partial charge in [0.15, 0.2) is 27.9 Å². The number of likely N-dealkylation sites (tertiary alicyclic amines) is 1. The van der Waals surface area contributed by atoms with E-state index in [2.05, 4.69) is 10.6 Å². The number of nitrogens with zero attached hydrogens (tertiary/aromatic N) is 1. The van der Waals surface area contributed by atoms with Gasteiger partial charge in [0.25, 0.3) is 5.91 Å². The van der Waals surface area contributed by atoms with Gasteiger partial charge in [0.05, 0.1) is 30.9 Å². The molecule has 0 radical (unpaired) electrons. The van der Waals surface area contributed by atoms with Gasteiger partial charge in [-0.05, 0) is 48.4 Å². The Labute approximate surface area is 274 Å². The number of ether oxygens (including phenoxy) is 4. The number of aryl methyl sites for hydroxylation is 1. The molecule has 12 nitrogen and oxygen atoms in total. The van der Waals surface area contributed by atoms with Crippen LogP contribution in [0.4, 0.5) is 0 Å². The zero-order valence-electron chi connectivity index (χ0n) is 26.4. The van der Waals surface area contributed by atoms with Crippen LogP contribution in [0.15, 0.2) is 71.6 Å². The molecule has 13 heteroatoms. The maximum atomic E-state index is 13.2. The van der Waals surface area contributed by atoms with Crippen molar-refractivity contribution in [2.75, 3.05) is 39.7 Å². The van der Waals surface area contributed by atoms with E-state index in [-0.39, 0.29) is 55.0 Å². The molecule has 250 valence electrons. The van der Waals surface area contributed by atoms with Crippen molar-refractivity contribution in [3.8, 4) is 23.0 Å². The Morgan fingerprint density at radius 3 is 2.51 bits per heavy atom. The van der Waals surface area contributed by atoms with E-state index in [1.807, 2.05) is 12.1 Å². The van der Waals surface area contributed by atoms with Crippen molar-refractivity contribution in [3.05, 3.63) is 77.9 Å². The van der Waals surface area contributed by atoms with Crippen LogP contribution in [-0.2, 0) is 37.2 Å². The van der Waals surface area contributed by atoms with Crippen molar-refractivity contribution >= 4 is 27.6 Å². The number of nitrogens with one attached hydrogen (secondary N) is 2. The highest BCUT2D eigenvalue weighted by Gasteiger charge is 2.35. The minimum Gasteiger partial charge on any atom is -0.496 e. The number of carbonyl (C=O) groups is 3. The first-order valence-electron chi connectivity index (χ1n) is 15.4. The number of methoxy groups -OCH3 is 2. The summed E-state index contributed by atoms with van der Waals surface area (Å²) < 4.78 is 48.8. The fourth-order valence-electron chi connectivity index (χ4n) is 5.60. The molecule has 1 fully saturated rings. The molecule has 0 saturated carbocycles. The smallest absolute Gasteiger partial charge is 0.258 e. The molecule has 3 aliphatic rings. The van der Waals surface area contributed by atoms with Gasteiger partial charge in [-0.25, -0.2) is 8.42 Å². The van der Waals surface area contributed by atoms with E-state index in [0.29, 0.717) is 42.4 Å². The summed E-state index contributed by atoms with van der Waals surface area (Å²) in [4.78, 5) is 40.8. The molecule has 0 aromatic heterocycles. The lowest BCUT2D eigenvalue weighted by Gasteiger charge is -2.39. The third-order valence-corrected chi connectivity index (χ3v) is 9.92. The Kier molecular flexibility index (Phi) is 10.9. The fourth-order valence-corrected chi connectivity index (χ4v) is 6.85. The van der Waals surface area contributed by atoms with E-state index >= 15 is 0 Å². The monoisotopic (exact) mass is 665 g/mol. The first-order valence-corrected chi connectivity index (χ1v) is 17.1. The molecule has 3 aliphatic heterocycles. The summed E-state index contributed by atoms with van der Waals surface area (Å²) >= 11 is 0. The first kappa shape index (κ1) is 33.6. The van der Waals surface area contributed by atoms with E-state index in [0.717, 1.165) is 11.1 Å². The average Bonchev–Trinajstić information content (AvgIpc) is 3.09. The number of sulfone groups is 1. The van der Waals surface area contributed by atoms with Gasteiger partial charge in [-0.3, -0.25) is 14.4 Å². The molecule has 0 unspecified atom stereocenters. The SMILES string of the molecule is COc1cc2ccc1CNC(=O)CCc1ccc(OC)c(c1)OCC(=O)N[C@@H]1CN(C(=O)CCS(=O)(=O)c3ccccc3)CC[C@@H]1O2. The summed E-state index contributed by atoms with van der Waals surface area (Å²) in [5.41, 5.74) is 1.60. The third kappa shape index (κ3) is 8.73. The van der Waals surface area contributed by atoms with Crippen LogP contribution in [0.25, 0.3) is 0 Å². The van der Waals surface area contributed by atoms with E-state index in [1.54, 1.807) is 47.4 Å². The predicted molar refractivity (Wildman–Crippen MR) is 172 cm³/mol. The van der Waals surface area contributed by atoms with E-state index in [1.165, 1.54) is 26.4 Å². The van der Waals surface area contributed by atoms with Crippen LogP contribution in [0, 0.1) is 0 Å². The third-order valence-electron chi connectivity index (χ3n) is 8.19. The van der Waals surface area contributed by atoms with Crippen LogP contribution >= 0.6 is 0 Å². The number of carbonyl (C=O) groups excluding carboxylic acids is 3. The molecule has 6 rings (SSSR count). The summed E-state index contributed by atoms with van der Waals surface area (Å²) in [5.74, 6) is 0.572. The largest absolute Gasteiger partial charge is 0.496 e. The molecule has 2 atom stereocenters. The molecule has 3 amide bonds. The van der Waals surface area contributed by atoms with Crippen LogP contribution < -0.4 is 29.6 Å². The summed E-state index contributed by atoms with van der Waals surface area (Å²) in [6.07, 6.45) is 0.345. The first-order chi connectivity index (χ1) is 22.6. The molecule has 4 bridgehead atoms. The number of hydrogen-bond donors (Lipinski definition) is 2. The van der Waals surface area contributed by atoms with Gasteiger partial charge < -0.3 is 34.5 Å². The highest BCUT2D eigenvalue weighted by molar-refractivity contribution is 7.91. The highest BCUT2D eigenvalue weighted by atomic mass is 32.2. The molecule has 0 aliphatic carbocycles. The maximum Gasteiger partial charge on any atom is 0.258 e. The van der Waals surface area contributed by atoms with Crippen LogP contribution in [0.2, 0.25) is 0 Å². The Morgan fingerprint density at radius 1 is 0.957 bits per heavy atom. The van der Waals surface area contributed by atoms with Crippen LogP contribution in [-0.4, -0.2) is 82.9 Å². The van der Waals surface area contributed by atoms with Gasteiger partial charge >= 0.3 is 0 Å². The molecule has 47 heavy (non-hydrogen) atoms. The molecular weight excluding hydrogens is 626 g/mol. The molecule has 0 spiro atoms. The Morgan fingerprint density at radius 2 is 1.74 bits per heavy atom. The second-order valence-corrected chi connectivity index (χ2v) is 13.5. The lowest BCUT2D eigenvalue weighted by Crippen LogP contribution is -2.58. The Hall–Kier alpha value is -4.78. The van der Waals surface area contributed by atoms with Gasteiger partial charge in [-0.2, -0.15) is 0 Å². The van der Waals surface area contributed by atoms with E-state index < -0.39 is 27.9 Å².